The lowest BCUT2D eigenvalue weighted by atomic mass is 10.1. The van der Waals surface area contributed by atoms with E-state index in [0.717, 1.165) is 34.7 Å². The van der Waals surface area contributed by atoms with Crippen LogP contribution in [0.4, 0.5) is 5.69 Å². The molecule has 0 bridgehead atoms. The number of amides is 1. The first kappa shape index (κ1) is 22.9. The molecule has 0 unspecified atom stereocenters. The Morgan fingerprint density at radius 2 is 1.91 bits per heavy atom. The quantitative estimate of drug-likeness (QED) is 0.260. The summed E-state index contributed by atoms with van der Waals surface area (Å²) in [5.74, 6) is 0.292. The molecule has 0 radical (unpaired) electrons. The Balaban J connectivity index is 1.43. The molecule has 1 amide bonds. The van der Waals surface area contributed by atoms with E-state index in [2.05, 4.69) is 32.0 Å². The molecule has 0 N–H and O–H groups in total. The monoisotopic (exact) mass is 489 g/mol. The Hall–Kier alpha value is -2.90. The van der Waals surface area contributed by atoms with E-state index in [9.17, 15) is 9.59 Å². The van der Waals surface area contributed by atoms with Crippen LogP contribution in [0.15, 0.2) is 70.6 Å². The van der Waals surface area contributed by atoms with Crippen LogP contribution in [-0.4, -0.2) is 27.3 Å². The van der Waals surface area contributed by atoms with Gasteiger partial charge in [0.1, 0.15) is 4.83 Å². The van der Waals surface area contributed by atoms with E-state index in [0.29, 0.717) is 17.1 Å². The maximum atomic E-state index is 13.4. The zero-order chi connectivity index (χ0) is 23.7. The third-order valence-corrected chi connectivity index (χ3v) is 8.42. The molecule has 0 saturated heterocycles. The first-order valence-corrected chi connectivity index (χ1v) is 13.4. The molecule has 2 aromatic carbocycles. The van der Waals surface area contributed by atoms with E-state index in [1.54, 1.807) is 15.9 Å². The average molecular weight is 490 g/mol. The van der Waals surface area contributed by atoms with Gasteiger partial charge in [-0.25, -0.2) is 4.98 Å². The minimum atomic E-state index is -0.0216. The molecule has 1 aliphatic heterocycles. The highest BCUT2D eigenvalue weighted by molar-refractivity contribution is 7.99. The van der Waals surface area contributed by atoms with Gasteiger partial charge in [0, 0.05) is 23.2 Å². The van der Waals surface area contributed by atoms with Crippen molar-refractivity contribution in [2.24, 2.45) is 0 Å². The van der Waals surface area contributed by atoms with Crippen molar-refractivity contribution in [3.05, 3.63) is 87.0 Å². The maximum absolute atomic E-state index is 13.4. The molecular weight excluding hydrogens is 462 g/mol. The third kappa shape index (κ3) is 4.42. The van der Waals surface area contributed by atoms with Crippen molar-refractivity contribution in [1.82, 2.24) is 9.55 Å². The van der Waals surface area contributed by atoms with Gasteiger partial charge in [0.25, 0.3) is 5.56 Å². The summed E-state index contributed by atoms with van der Waals surface area (Å²) in [7, 11) is 0. The molecule has 5 nitrogen and oxygen atoms in total. The van der Waals surface area contributed by atoms with Gasteiger partial charge in [0.05, 0.1) is 11.1 Å². The highest BCUT2D eigenvalue weighted by atomic mass is 32.2. The topological polar surface area (TPSA) is 55.2 Å². The number of hydrogen-bond donors (Lipinski definition) is 0. The maximum Gasteiger partial charge on any atom is 0.262 e. The van der Waals surface area contributed by atoms with Gasteiger partial charge >= 0.3 is 0 Å². The second-order valence-corrected chi connectivity index (χ2v) is 10.7. The van der Waals surface area contributed by atoms with Crippen LogP contribution < -0.4 is 10.5 Å². The van der Waals surface area contributed by atoms with Crippen LogP contribution in [0.2, 0.25) is 0 Å². The predicted octanol–water partition coefficient (Wildman–Crippen LogP) is 5.33. The van der Waals surface area contributed by atoms with Crippen LogP contribution in [0.3, 0.4) is 0 Å². The fraction of sp³-hybridized carbons (Fsp3) is 0.296. The summed E-state index contributed by atoms with van der Waals surface area (Å²) in [5.41, 5.74) is 3.35. The number of carbonyl (C=O) groups is 1. The SMILES string of the molecule is CCc1cc2c(=O)n(CCc3ccccc3)c(SCC(=O)N3c4ccccc4C[C@@H]3C)nc2s1. The number of rotatable bonds is 7. The Morgan fingerprint density at radius 1 is 1.15 bits per heavy atom. The van der Waals surface area contributed by atoms with E-state index in [1.165, 1.54) is 22.9 Å². The van der Waals surface area contributed by atoms with E-state index in [1.807, 2.05) is 47.4 Å². The van der Waals surface area contributed by atoms with E-state index >= 15 is 0 Å². The lowest BCUT2D eigenvalue weighted by Crippen LogP contribution is -2.37. The summed E-state index contributed by atoms with van der Waals surface area (Å²) in [5, 5.41) is 1.29. The highest BCUT2D eigenvalue weighted by Crippen LogP contribution is 2.33. The Morgan fingerprint density at radius 3 is 2.71 bits per heavy atom. The van der Waals surface area contributed by atoms with Gasteiger partial charge in [0.15, 0.2) is 5.16 Å². The molecule has 3 heterocycles. The first-order chi connectivity index (χ1) is 16.5. The fourth-order valence-corrected chi connectivity index (χ4v) is 6.45. The summed E-state index contributed by atoms with van der Waals surface area (Å²) >= 11 is 2.93. The van der Waals surface area contributed by atoms with Crippen LogP contribution >= 0.6 is 23.1 Å². The first-order valence-electron chi connectivity index (χ1n) is 11.6. The van der Waals surface area contributed by atoms with Crippen molar-refractivity contribution in [1.29, 1.82) is 0 Å². The number of benzene rings is 2. The molecule has 5 rings (SSSR count). The second kappa shape index (κ2) is 9.76. The number of carbonyl (C=O) groups excluding carboxylic acids is 1. The number of thioether (sulfide) groups is 1. The van der Waals surface area contributed by atoms with Gasteiger partial charge in [-0.05, 0) is 49.4 Å². The number of hydrogen-bond acceptors (Lipinski definition) is 5. The molecule has 1 atom stereocenters. The molecule has 0 spiro atoms. The molecule has 0 aliphatic carbocycles. The van der Waals surface area contributed by atoms with Crippen LogP contribution in [0.5, 0.6) is 0 Å². The van der Waals surface area contributed by atoms with Gasteiger partial charge in [-0.15, -0.1) is 11.3 Å². The van der Waals surface area contributed by atoms with Crippen molar-refractivity contribution in [3.8, 4) is 0 Å². The van der Waals surface area contributed by atoms with Gasteiger partial charge in [-0.1, -0.05) is 67.2 Å². The number of anilines is 1. The third-order valence-electron chi connectivity index (χ3n) is 6.28. The number of fused-ring (bicyclic) bond motifs is 2. The summed E-state index contributed by atoms with van der Waals surface area (Å²) in [6.45, 7) is 4.70. The van der Waals surface area contributed by atoms with Crippen molar-refractivity contribution in [3.63, 3.8) is 0 Å². The zero-order valence-electron chi connectivity index (χ0n) is 19.4. The Kier molecular flexibility index (Phi) is 6.57. The molecule has 174 valence electrons. The molecule has 2 aromatic heterocycles. The summed E-state index contributed by atoms with van der Waals surface area (Å²) < 4.78 is 1.75. The summed E-state index contributed by atoms with van der Waals surface area (Å²) in [6.07, 6.45) is 2.47. The molecule has 7 heteroatoms. The van der Waals surface area contributed by atoms with Crippen LogP contribution in [-0.2, 0) is 30.6 Å². The van der Waals surface area contributed by atoms with E-state index in [4.69, 9.17) is 4.98 Å². The van der Waals surface area contributed by atoms with Crippen LogP contribution in [0.25, 0.3) is 10.2 Å². The normalized spacial score (nSPS) is 15.1. The van der Waals surface area contributed by atoms with Crippen molar-refractivity contribution >= 4 is 44.9 Å². The number of aromatic nitrogens is 2. The lowest BCUT2D eigenvalue weighted by molar-refractivity contribution is -0.116. The number of para-hydroxylation sites is 1. The fourth-order valence-electron chi connectivity index (χ4n) is 4.56. The average Bonchev–Trinajstić information content (AvgIpc) is 3.42. The lowest BCUT2D eigenvalue weighted by Gasteiger charge is -2.22. The van der Waals surface area contributed by atoms with Crippen molar-refractivity contribution in [2.75, 3.05) is 10.7 Å². The van der Waals surface area contributed by atoms with Crippen molar-refractivity contribution in [2.45, 2.75) is 50.9 Å². The highest BCUT2D eigenvalue weighted by Gasteiger charge is 2.30. The number of thiophene rings is 1. The molecule has 0 saturated carbocycles. The predicted molar refractivity (Wildman–Crippen MR) is 141 cm³/mol. The molecular formula is C27H27N3O2S2. The standard InChI is InChI=1S/C27H27N3O2S2/c1-3-21-16-22-25(34-21)28-27(29(26(22)32)14-13-19-9-5-4-6-10-19)33-17-24(31)30-18(2)15-20-11-7-8-12-23(20)30/h4-12,16,18H,3,13-15,17H2,1-2H3/t18-/m0/s1. The molecule has 0 fully saturated rings. The largest absolute Gasteiger partial charge is 0.308 e. The summed E-state index contributed by atoms with van der Waals surface area (Å²) in [4.78, 5) is 35.4. The molecule has 4 aromatic rings. The van der Waals surface area contributed by atoms with Gasteiger partial charge < -0.3 is 4.90 Å². The minimum Gasteiger partial charge on any atom is -0.308 e. The zero-order valence-corrected chi connectivity index (χ0v) is 21.0. The number of nitrogens with zero attached hydrogens (tertiary/aromatic N) is 3. The summed E-state index contributed by atoms with van der Waals surface area (Å²) in [6, 6.07) is 20.3. The van der Waals surface area contributed by atoms with Gasteiger partial charge in [0.2, 0.25) is 5.91 Å². The minimum absolute atomic E-state index is 0.0216. The number of aryl methyl sites for hydroxylation is 2. The smallest absolute Gasteiger partial charge is 0.262 e. The van der Waals surface area contributed by atoms with Crippen molar-refractivity contribution < 1.29 is 4.79 Å². The van der Waals surface area contributed by atoms with E-state index in [-0.39, 0.29) is 23.3 Å². The van der Waals surface area contributed by atoms with Gasteiger partial charge in [-0.2, -0.15) is 0 Å². The van der Waals surface area contributed by atoms with Crippen LogP contribution in [0.1, 0.15) is 29.9 Å². The Labute approximate surface area is 207 Å². The molecule has 34 heavy (non-hydrogen) atoms. The van der Waals surface area contributed by atoms with Crippen LogP contribution in [0, 0.1) is 0 Å². The molecule has 1 aliphatic rings. The van der Waals surface area contributed by atoms with Gasteiger partial charge in [-0.3, -0.25) is 14.2 Å². The van der Waals surface area contributed by atoms with E-state index < -0.39 is 0 Å². The Bertz CT molecular complexity index is 1390. The second-order valence-electron chi connectivity index (χ2n) is 8.61.